The van der Waals surface area contributed by atoms with Crippen molar-refractivity contribution in [3.05, 3.63) is 52.0 Å². The Labute approximate surface area is 169 Å². The number of carbonyl (C=O) groups is 2. The van der Waals surface area contributed by atoms with Crippen molar-refractivity contribution in [2.45, 2.75) is 25.7 Å². The summed E-state index contributed by atoms with van der Waals surface area (Å²) in [7, 11) is 0. The predicted molar refractivity (Wildman–Crippen MR) is 110 cm³/mol. The maximum Gasteiger partial charge on any atom is 0.315 e. The Balaban J connectivity index is 1.42. The Bertz CT molecular complexity index is 1000. The van der Waals surface area contributed by atoms with E-state index in [4.69, 9.17) is 4.74 Å². The van der Waals surface area contributed by atoms with Crippen LogP contribution in [0.25, 0.3) is 0 Å². The molecule has 0 saturated carbocycles. The zero-order valence-corrected chi connectivity index (χ0v) is 16.7. The molecule has 28 heavy (non-hydrogen) atoms. The van der Waals surface area contributed by atoms with Gasteiger partial charge in [-0.1, -0.05) is 18.2 Å². The fourth-order valence-electron chi connectivity index (χ4n) is 2.99. The van der Waals surface area contributed by atoms with Gasteiger partial charge >= 0.3 is 5.97 Å². The first kappa shape index (κ1) is 18.6. The quantitative estimate of drug-likeness (QED) is 0.588. The van der Waals surface area contributed by atoms with Gasteiger partial charge in [0.2, 0.25) is 0 Å². The SMILES string of the molecule is CCOC(=O)[C@@H]1CCc2sc(NC(=O)c3csc(Nc4ccccc4)n3)nc21. The number of thiazole rings is 2. The predicted octanol–water partition coefficient (Wildman–Crippen LogP) is 4.19. The number of rotatable bonds is 6. The highest BCUT2D eigenvalue weighted by atomic mass is 32.1. The molecule has 0 bridgehead atoms. The van der Waals surface area contributed by atoms with Crippen molar-refractivity contribution < 1.29 is 14.3 Å². The molecule has 0 radical (unpaired) electrons. The monoisotopic (exact) mass is 414 g/mol. The molecule has 2 aromatic heterocycles. The fourth-order valence-corrected chi connectivity index (χ4v) is 4.74. The van der Waals surface area contributed by atoms with Gasteiger partial charge in [-0.3, -0.25) is 14.9 Å². The minimum atomic E-state index is -0.335. The summed E-state index contributed by atoms with van der Waals surface area (Å²) < 4.78 is 5.12. The molecule has 0 spiro atoms. The third-order valence-corrected chi connectivity index (χ3v) is 6.08. The molecule has 2 N–H and O–H groups in total. The average molecular weight is 415 g/mol. The number of carbonyl (C=O) groups excluding carboxylic acids is 2. The molecular weight excluding hydrogens is 396 g/mol. The van der Waals surface area contributed by atoms with E-state index in [-0.39, 0.29) is 17.8 Å². The van der Waals surface area contributed by atoms with Crippen LogP contribution in [0, 0.1) is 0 Å². The maximum atomic E-state index is 12.5. The zero-order chi connectivity index (χ0) is 19.5. The third-order valence-electron chi connectivity index (χ3n) is 4.27. The molecule has 0 aliphatic heterocycles. The van der Waals surface area contributed by atoms with Crippen molar-refractivity contribution in [2.75, 3.05) is 17.2 Å². The van der Waals surface area contributed by atoms with Crippen molar-refractivity contribution >= 4 is 50.5 Å². The van der Waals surface area contributed by atoms with Crippen molar-refractivity contribution in [3.8, 4) is 0 Å². The van der Waals surface area contributed by atoms with Crippen LogP contribution in [0.4, 0.5) is 16.0 Å². The molecule has 4 rings (SSSR count). The van der Waals surface area contributed by atoms with E-state index in [1.165, 1.54) is 22.7 Å². The molecule has 1 aliphatic carbocycles. The van der Waals surface area contributed by atoms with E-state index in [1.54, 1.807) is 12.3 Å². The number of fused-ring (bicyclic) bond motifs is 1. The van der Waals surface area contributed by atoms with Gasteiger partial charge in [0, 0.05) is 15.9 Å². The van der Waals surface area contributed by atoms with Gasteiger partial charge in [-0.2, -0.15) is 0 Å². The second-order valence-corrected chi connectivity index (χ2v) is 8.10. The van der Waals surface area contributed by atoms with Crippen LogP contribution in [0.1, 0.15) is 40.3 Å². The van der Waals surface area contributed by atoms with Gasteiger partial charge in [0.05, 0.1) is 12.3 Å². The number of benzene rings is 1. The normalized spacial score (nSPS) is 15.1. The number of ether oxygens (including phenoxy) is 1. The van der Waals surface area contributed by atoms with Crippen LogP contribution in [0.15, 0.2) is 35.7 Å². The molecule has 1 aromatic carbocycles. The van der Waals surface area contributed by atoms with Crippen molar-refractivity contribution in [1.29, 1.82) is 0 Å². The molecule has 9 heteroatoms. The number of anilines is 3. The molecule has 1 atom stereocenters. The molecule has 144 valence electrons. The molecule has 1 aliphatic rings. The summed E-state index contributed by atoms with van der Waals surface area (Å²) in [4.78, 5) is 34.4. The lowest BCUT2D eigenvalue weighted by Gasteiger charge is -2.07. The van der Waals surface area contributed by atoms with Crippen LogP contribution < -0.4 is 10.6 Å². The minimum Gasteiger partial charge on any atom is -0.465 e. The van der Waals surface area contributed by atoms with E-state index < -0.39 is 0 Å². The number of nitrogens with zero attached hydrogens (tertiary/aromatic N) is 2. The zero-order valence-electron chi connectivity index (χ0n) is 15.1. The number of esters is 1. The second kappa shape index (κ2) is 8.07. The van der Waals surface area contributed by atoms with Crippen LogP contribution in [0.2, 0.25) is 0 Å². The summed E-state index contributed by atoms with van der Waals surface area (Å²) in [5.41, 5.74) is 1.95. The maximum absolute atomic E-state index is 12.5. The Hall–Kier alpha value is -2.78. The Morgan fingerprint density at radius 2 is 2.04 bits per heavy atom. The highest BCUT2D eigenvalue weighted by molar-refractivity contribution is 7.16. The average Bonchev–Trinajstić information content (AvgIpc) is 3.38. The van der Waals surface area contributed by atoms with Crippen LogP contribution in [0.3, 0.4) is 0 Å². The first-order valence-corrected chi connectivity index (χ1v) is 10.6. The van der Waals surface area contributed by atoms with Crippen molar-refractivity contribution in [2.24, 2.45) is 0 Å². The lowest BCUT2D eigenvalue weighted by Crippen LogP contribution is -2.15. The molecule has 3 aromatic rings. The van der Waals surface area contributed by atoms with Gasteiger partial charge in [0.15, 0.2) is 10.3 Å². The Morgan fingerprint density at radius 1 is 1.21 bits per heavy atom. The van der Waals surface area contributed by atoms with Crippen LogP contribution in [0.5, 0.6) is 0 Å². The molecule has 0 unspecified atom stereocenters. The summed E-state index contributed by atoms with van der Waals surface area (Å²) >= 11 is 2.76. The Kier molecular flexibility index (Phi) is 5.36. The number of nitrogens with one attached hydrogen (secondary N) is 2. The van der Waals surface area contributed by atoms with E-state index >= 15 is 0 Å². The van der Waals surface area contributed by atoms with E-state index in [0.29, 0.717) is 29.0 Å². The minimum absolute atomic E-state index is 0.249. The van der Waals surface area contributed by atoms with E-state index in [0.717, 1.165) is 22.7 Å². The number of hydrogen-bond acceptors (Lipinski definition) is 8. The highest BCUT2D eigenvalue weighted by Crippen LogP contribution is 2.39. The summed E-state index contributed by atoms with van der Waals surface area (Å²) in [6, 6.07) is 9.64. The number of hydrogen-bond donors (Lipinski definition) is 2. The first-order chi connectivity index (χ1) is 13.6. The molecule has 0 fully saturated rings. The summed E-state index contributed by atoms with van der Waals surface area (Å²) in [6.07, 6.45) is 1.48. The van der Waals surface area contributed by atoms with Gasteiger partial charge in [-0.15, -0.1) is 22.7 Å². The molecule has 1 amide bonds. The molecule has 7 nitrogen and oxygen atoms in total. The van der Waals surface area contributed by atoms with E-state index in [9.17, 15) is 9.59 Å². The van der Waals surface area contributed by atoms with Gasteiger partial charge in [0.25, 0.3) is 5.91 Å². The van der Waals surface area contributed by atoms with Gasteiger partial charge in [0.1, 0.15) is 11.6 Å². The number of amides is 1. The fraction of sp³-hybridized carbons (Fsp3) is 0.263. The highest BCUT2D eigenvalue weighted by Gasteiger charge is 2.33. The van der Waals surface area contributed by atoms with Crippen molar-refractivity contribution in [1.82, 2.24) is 9.97 Å². The second-order valence-electron chi connectivity index (χ2n) is 6.15. The smallest absolute Gasteiger partial charge is 0.315 e. The van der Waals surface area contributed by atoms with Gasteiger partial charge in [-0.25, -0.2) is 9.97 Å². The van der Waals surface area contributed by atoms with Gasteiger partial charge < -0.3 is 10.1 Å². The summed E-state index contributed by atoms with van der Waals surface area (Å²) in [5.74, 6) is -0.907. The van der Waals surface area contributed by atoms with Crippen LogP contribution in [-0.4, -0.2) is 28.5 Å². The van der Waals surface area contributed by atoms with E-state index in [1.807, 2.05) is 30.3 Å². The topological polar surface area (TPSA) is 93.2 Å². The lowest BCUT2D eigenvalue weighted by atomic mass is 10.1. The number of aromatic nitrogens is 2. The van der Waals surface area contributed by atoms with Crippen molar-refractivity contribution in [3.63, 3.8) is 0 Å². The summed E-state index contributed by atoms with van der Waals surface area (Å²) in [5, 5.41) is 8.77. The standard InChI is InChI=1S/C19H18N4O3S2/c1-2-26-17(25)12-8-9-14-15(12)22-19(28-14)23-16(24)13-10-27-18(21-13)20-11-6-4-3-5-7-11/h3-7,10,12H,2,8-9H2,1H3,(H,20,21)(H,22,23,24)/t12-/m1/s1. The number of aryl methyl sites for hydroxylation is 1. The van der Waals surface area contributed by atoms with Crippen LogP contribution >= 0.6 is 22.7 Å². The van der Waals surface area contributed by atoms with E-state index in [2.05, 4.69) is 20.6 Å². The van der Waals surface area contributed by atoms with Gasteiger partial charge in [-0.05, 0) is 31.9 Å². The lowest BCUT2D eigenvalue weighted by molar-refractivity contribution is -0.145. The number of para-hydroxylation sites is 1. The first-order valence-electron chi connectivity index (χ1n) is 8.89. The molecule has 2 heterocycles. The third kappa shape index (κ3) is 3.90. The van der Waals surface area contributed by atoms with Crippen LogP contribution in [-0.2, 0) is 16.0 Å². The summed E-state index contributed by atoms with van der Waals surface area (Å²) in [6.45, 7) is 2.14. The largest absolute Gasteiger partial charge is 0.465 e. The molecule has 0 saturated heterocycles. The molecular formula is C19H18N4O3S2. The Morgan fingerprint density at radius 3 is 2.82 bits per heavy atom.